The van der Waals surface area contributed by atoms with E-state index in [2.05, 4.69) is 24.3 Å². The van der Waals surface area contributed by atoms with Crippen molar-refractivity contribution in [3.05, 3.63) is 59.9 Å². The van der Waals surface area contributed by atoms with Crippen LogP contribution >= 0.6 is 0 Å². The Hall–Kier alpha value is -1.67. The van der Waals surface area contributed by atoms with Gasteiger partial charge in [0.1, 0.15) is 5.82 Å². The van der Waals surface area contributed by atoms with Gasteiger partial charge < -0.3 is 5.73 Å². The van der Waals surface area contributed by atoms with Crippen LogP contribution in [-0.4, -0.2) is 6.54 Å². The summed E-state index contributed by atoms with van der Waals surface area (Å²) in [6.45, 7) is 0.782. The fourth-order valence-corrected chi connectivity index (χ4v) is 2.48. The number of nitrogens with two attached hydrogens (primary N) is 1. The number of rotatable bonds is 3. The van der Waals surface area contributed by atoms with Crippen molar-refractivity contribution in [2.75, 3.05) is 6.54 Å². The molecule has 18 heavy (non-hydrogen) atoms. The second-order valence-corrected chi connectivity index (χ2v) is 4.97. The highest BCUT2D eigenvalue weighted by atomic mass is 19.1. The Morgan fingerprint density at radius 1 is 0.944 bits per heavy atom. The summed E-state index contributed by atoms with van der Waals surface area (Å²) < 4.78 is 12.9. The second-order valence-electron chi connectivity index (χ2n) is 4.97. The Labute approximate surface area is 106 Å². The Morgan fingerprint density at radius 2 is 1.50 bits per heavy atom. The summed E-state index contributed by atoms with van der Waals surface area (Å²) in [4.78, 5) is 0. The Morgan fingerprint density at radius 3 is 2.00 bits per heavy atom. The number of benzene rings is 2. The van der Waals surface area contributed by atoms with Crippen molar-refractivity contribution in [2.45, 2.75) is 12.3 Å². The molecule has 2 N–H and O–H groups in total. The first-order valence-electron chi connectivity index (χ1n) is 6.34. The summed E-state index contributed by atoms with van der Waals surface area (Å²) in [6.07, 6.45) is 1.21. The van der Waals surface area contributed by atoms with Crippen LogP contribution < -0.4 is 5.73 Å². The topological polar surface area (TPSA) is 26.0 Å². The maximum atomic E-state index is 12.9. The minimum atomic E-state index is -0.195. The van der Waals surface area contributed by atoms with E-state index in [4.69, 9.17) is 5.73 Å². The van der Waals surface area contributed by atoms with Crippen molar-refractivity contribution in [1.82, 2.24) is 0 Å². The molecular formula is C16H16FN. The molecule has 0 heterocycles. The van der Waals surface area contributed by atoms with Gasteiger partial charge in [-0.15, -0.1) is 0 Å². The van der Waals surface area contributed by atoms with Crippen LogP contribution in [-0.2, 0) is 0 Å². The zero-order chi connectivity index (χ0) is 12.5. The molecule has 2 aromatic rings. The Balaban J connectivity index is 1.81. The first-order chi connectivity index (χ1) is 8.78. The summed E-state index contributed by atoms with van der Waals surface area (Å²) in [5, 5.41) is 0. The van der Waals surface area contributed by atoms with Gasteiger partial charge in [0.2, 0.25) is 0 Å². The van der Waals surface area contributed by atoms with Crippen LogP contribution in [0.4, 0.5) is 4.39 Å². The van der Waals surface area contributed by atoms with Gasteiger partial charge >= 0.3 is 0 Å². The fraction of sp³-hybridized carbons (Fsp3) is 0.250. The van der Waals surface area contributed by atoms with Gasteiger partial charge in [-0.1, -0.05) is 36.4 Å². The van der Waals surface area contributed by atoms with E-state index >= 15 is 0 Å². The molecule has 0 aromatic heterocycles. The van der Waals surface area contributed by atoms with Crippen LogP contribution in [0.5, 0.6) is 0 Å². The number of hydrogen-bond acceptors (Lipinski definition) is 1. The minimum Gasteiger partial charge on any atom is -0.330 e. The highest BCUT2D eigenvalue weighted by Gasteiger charge is 2.36. The maximum absolute atomic E-state index is 12.9. The molecule has 3 rings (SSSR count). The van der Waals surface area contributed by atoms with Crippen molar-refractivity contribution in [1.29, 1.82) is 0 Å². The second kappa shape index (κ2) is 4.54. The predicted molar refractivity (Wildman–Crippen MR) is 71.7 cm³/mol. The van der Waals surface area contributed by atoms with E-state index in [1.54, 1.807) is 0 Å². The average Bonchev–Trinajstić information content (AvgIpc) is 3.19. The van der Waals surface area contributed by atoms with Crippen LogP contribution in [0.1, 0.15) is 17.9 Å². The van der Waals surface area contributed by atoms with Gasteiger partial charge in [0, 0.05) is 0 Å². The number of hydrogen-bond donors (Lipinski definition) is 1. The van der Waals surface area contributed by atoms with Crippen LogP contribution in [0.25, 0.3) is 11.1 Å². The maximum Gasteiger partial charge on any atom is 0.123 e. The molecule has 1 aliphatic rings. The highest BCUT2D eigenvalue weighted by molar-refractivity contribution is 5.63. The van der Waals surface area contributed by atoms with Gasteiger partial charge in [-0.3, -0.25) is 0 Å². The van der Waals surface area contributed by atoms with Crippen LogP contribution in [0.3, 0.4) is 0 Å². The van der Waals surface area contributed by atoms with Gasteiger partial charge in [0.25, 0.3) is 0 Å². The zero-order valence-electron chi connectivity index (χ0n) is 10.1. The molecule has 0 spiro atoms. The molecule has 0 aliphatic heterocycles. The third-order valence-corrected chi connectivity index (χ3v) is 3.74. The molecule has 2 aromatic carbocycles. The monoisotopic (exact) mass is 241 g/mol. The molecule has 1 nitrogen and oxygen atoms in total. The molecule has 0 radical (unpaired) electrons. The SMILES string of the molecule is NC[C@@H]1C[C@H]1c1ccc(-c2ccc(F)cc2)cc1. The largest absolute Gasteiger partial charge is 0.330 e. The quantitative estimate of drug-likeness (QED) is 0.873. The molecule has 1 fully saturated rings. The van der Waals surface area contributed by atoms with Crippen molar-refractivity contribution in [3.8, 4) is 11.1 Å². The van der Waals surface area contributed by atoms with Gasteiger partial charge in [-0.05, 0) is 53.6 Å². The first kappa shape index (κ1) is 11.4. The summed E-state index contributed by atoms with van der Waals surface area (Å²) in [7, 11) is 0. The minimum absolute atomic E-state index is 0.195. The third-order valence-electron chi connectivity index (χ3n) is 3.74. The smallest absolute Gasteiger partial charge is 0.123 e. The summed E-state index contributed by atoms with van der Waals surface area (Å²) >= 11 is 0. The van der Waals surface area contributed by atoms with Crippen molar-refractivity contribution in [3.63, 3.8) is 0 Å². The molecule has 2 heteroatoms. The zero-order valence-corrected chi connectivity index (χ0v) is 10.1. The highest BCUT2D eigenvalue weighted by Crippen LogP contribution is 2.46. The molecule has 0 bridgehead atoms. The van der Waals surface area contributed by atoms with Crippen molar-refractivity contribution < 1.29 is 4.39 Å². The predicted octanol–water partition coefficient (Wildman–Crippen LogP) is 3.55. The van der Waals surface area contributed by atoms with E-state index in [0.717, 1.165) is 17.7 Å². The van der Waals surface area contributed by atoms with Crippen molar-refractivity contribution >= 4 is 0 Å². The van der Waals surface area contributed by atoms with E-state index in [1.165, 1.54) is 24.1 Å². The summed E-state index contributed by atoms with van der Waals surface area (Å²) in [5.41, 5.74) is 9.21. The lowest BCUT2D eigenvalue weighted by molar-refractivity contribution is 0.628. The molecular weight excluding hydrogens is 225 g/mol. The summed E-state index contributed by atoms with van der Waals surface area (Å²) in [5.74, 6) is 1.12. The van der Waals surface area contributed by atoms with Crippen LogP contribution in [0, 0.1) is 11.7 Å². The number of halogens is 1. The van der Waals surface area contributed by atoms with E-state index in [-0.39, 0.29) is 5.82 Å². The lowest BCUT2D eigenvalue weighted by atomic mass is 10.0. The molecule has 2 atom stereocenters. The Kier molecular flexibility index (Phi) is 2.88. The van der Waals surface area contributed by atoms with E-state index in [0.29, 0.717) is 11.8 Å². The molecule has 0 saturated heterocycles. The molecule has 92 valence electrons. The first-order valence-corrected chi connectivity index (χ1v) is 6.34. The normalized spacial score (nSPS) is 21.9. The molecule has 1 aliphatic carbocycles. The van der Waals surface area contributed by atoms with Crippen LogP contribution in [0.15, 0.2) is 48.5 Å². The van der Waals surface area contributed by atoms with Crippen molar-refractivity contribution in [2.24, 2.45) is 11.7 Å². The van der Waals surface area contributed by atoms with Gasteiger partial charge in [0.05, 0.1) is 0 Å². The molecule has 0 amide bonds. The van der Waals surface area contributed by atoms with Gasteiger partial charge in [0.15, 0.2) is 0 Å². The van der Waals surface area contributed by atoms with Gasteiger partial charge in [-0.25, -0.2) is 4.39 Å². The third kappa shape index (κ3) is 2.16. The summed E-state index contributed by atoms with van der Waals surface area (Å²) in [6, 6.07) is 15.2. The van der Waals surface area contributed by atoms with E-state index < -0.39 is 0 Å². The van der Waals surface area contributed by atoms with Crippen LogP contribution in [0.2, 0.25) is 0 Å². The lowest BCUT2D eigenvalue weighted by Gasteiger charge is -2.04. The molecule has 1 saturated carbocycles. The lowest BCUT2D eigenvalue weighted by Crippen LogP contribution is -2.01. The van der Waals surface area contributed by atoms with E-state index in [1.807, 2.05) is 12.1 Å². The molecule has 0 unspecified atom stereocenters. The standard InChI is InChI=1S/C16H16FN/c17-15-7-5-12(6-8-15)11-1-3-13(4-2-11)16-9-14(16)10-18/h1-8,14,16H,9-10,18H2/t14-,16-/m0/s1. The fourth-order valence-electron chi connectivity index (χ4n) is 2.48. The van der Waals surface area contributed by atoms with E-state index in [9.17, 15) is 4.39 Å². The van der Waals surface area contributed by atoms with Gasteiger partial charge in [-0.2, -0.15) is 0 Å². The average molecular weight is 241 g/mol. The Bertz CT molecular complexity index is 530.